The highest BCUT2D eigenvalue weighted by Gasteiger charge is 2.23. The van der Waals surface area contributed by atoms with Crippen molar-refractivity contribution in [2.45, 2.75) is 0 Å². The number of amides is 1. The van der Waals surface area contributed by atoms with Gasteiger partial charge in [0.05, 0.1) is 11.1 Å². The number of para-hydroxylation sites is 1. The Hall–Kier alpha value is -4.13. The molecule has 0 atom stereocenters. The summed E-state index contributed by atoms with van der Waals surface area (Å²) < 4.78 is 1.31. The van der Waals surface area contributed by atoms with Crippen molar-refractivity contribution in [2.75, 3.05) is 11.1 Å². The minimum atomic E-state index is -0.720. The summed E-state index contributed by atoms with van der Waals surface area (Å²) >= 11 is 0. The van der Waals surface area contributed by atoms with Crippen molar-refractivity contribution in [1.29, 1.82) is 0 Å². The summed E-state index contributed by atoms with van der Waals surface area (Å²) in [6, 6.07) is 18.5. The molecule has 2 aromatic carbocycles. The van der Waals surface area contributed by atoms with Gasteiger partial charge in [0.2, 0.25) is 0 Å². The lowest BCUT2D eigenvalue weighted by Crippen LogP contribution is -2.29. The van der Waals surface area contributed by atoms with Crippen LogP contribution in [0.5, 0.6) is 5.75 Å². The van der Waals surface area contributed by atoms with Crippen LogP contribution in [0.2, 0.25) is 0 Å². The molecule has 28 heavy (non-hydrogen) atoms. The second-order valence-electron chi connectivity index (χ2n) is 6.15. The topological polar surface area (TPSA) is 110 Å². The van der Waals surface area contributed by atoms with Crippen molar-refractivity contribution in [2.24, 2.45) is 0 Å². The maximum absolute atomic E-state index is 13.2. The number of carbonyl (C=O) groups is 1. The van der Waals surface area contributed by atoms with Crippen molar-refractivity contribution in [1.82, 2.24) is 9.55 Å². The number of rotatable bonds is 3. The van der Waals surface area contributed by atoms with Gasteiger partial charge in [-0.25, -0.2) is 4.98 Å². The number of nitrogen functional groups attached to an aromatic ring is 1. The highest BCUT2D eigenvalue weighted by atomic mass is 16.3. The van der Waals surface area contributed by atoms with E-state index in [0.29, 0.717) is 22.4 Å². The molecule has 2 heterocycles. The van der Waals surface area contributed by atoms with E-state index in [2.05, 4.69) is 10.3 Å². The molecule has 0 bridgehead atoms. The Bertz CT molecular complexity index is 1230. The van der Waals surface area contributed by atoms with E-state index in [4.69, 9.17) is 5.73 Å². The average Bonchev–Trinajstić information content (AvgIpc) is 2.71. The molecule has 0 fully saturated rings. The molecule has 0 spiro atoms. The lowest BCUT2D eigenvalue weighted by Gasteiger charge is -2.14. The SMILES string of the molecule is Nc1ccc(NC(=O)c2c(O)c3cccnc3n(-c3ccccc3)c2=O)cc1. The number of benzene rings is 2. The van der Waals surface area contributed by atoms with Crippen LogP contribution < -0.4 is 16.6 Å². The Kier molecular flexibility index (Phi) is 4.25. The second-order valence-corrected chi connectivity index (χ2v) is 6.15. The maximum atomic E-state index is 13.2. The van der Waals surface area contributed by atoms with Gasteiger partial charge < -0.3 is 16.2 Å². The number of pyridine rings is 2. The minimum Gasteiger partial charge on any atom is -0.506 e. The van der Waals surface area contributed by atoms with Crippen LogP contribution in [0.3, 0.4) is 0 Å². The Morgan fingerprint density at radius 3 is 2.43 bits per heavy atom. The maximum Gasteiger partial charge on any atom is 0.273 e. The van der Waals surface area contributed by atoms with Crippen molar-refractivity contribution < 1.29 is 9.90 Å². The fraction of sp³-hybridized carbons (Fsp3) is 0. The lowest BCUT2D eigenvalue weighted by molar-refractivity contribution is 0.102. The molecular weight excluding hydrogens is 356 g/mol. The van der Waals surface area contributed by atoms with E-state index in [9.17, 15) is 14.7 Å². The van der Waals surface area contributed by atoms with Gasteiger partial charge in [-0.15, -0.1) is 0 Å². The molecule has 138 valence electrons. The summed E-state index contributed by atoms with van der Waals surface area (Å²) in [5, 5.41) is 13.6. The predicted molar refractivity (Wildman–Crippen MR) is 108 cm³/mol. The Labute approximate surface area is 159 Å². The van der Waals surface area contributed by atoms with Gasteiger partial charge >= 0.3 is 0 Å². The van der Waals surface area contributed by atoms with Crippen molar-refractivity contribution in [3.05, 3.63) is 88.8 Å². The molecule has 0 saturated carbocycles. The van der Waals surface area contributed by atoms with E-state index in [1.54, 1.807) is 60.7 Å². The molecule has 4 aromatic rings. The molecule has 4 rings (SSSR count). The number of anilines is 2. The number of hydrogen-bond acceptors (Lipinski definition) is 5. The van der Waals surface area contributed by atoms with Crippen molar-refractivity contribution >= 4 is 28.3 Å². The fourth-order valence-corrected chi connectivity index (χ4v) is 2.99. The van der Waals surface area contributed by atoms with Gasteiger partial charge in [0.1, 0.15) is 11.3 Å². The van der Waals surface area contributed by atoms with Gasteiger partial charge in [-0.05, 0) is 48.5 Å². The molecule has 2 aromatic heterocycles. The van der Waals surface area contributed by atoms with Gasteiger partial charge in [-0.2, -0.15) is 0 Å². The van der Waals surface area contributed by atoms with E-state index < -0.39 is 17.2 Å². The first-order valence-electron chi connectivity index (χ1n) is 8.51. The normalized spacial score (nSPS) is 10.7. The van der Waals surface area contributed by atoms with Crippen LogP contribution in [-0.2, 0) is 0 Å². The zero-order valence-electron chi connectivity index (χ0n) is 14.7. The second kappa shape index (κ2) is 6.88. The third kappa shape index (κ3) is 2.95. The largest absolute Gasteiger partial charge is 0.506 e. The molecule has 0 saturated heterocycles. The quantitative estimate of drug-likeness (QED) is 0.479. The zero-order chi connectivity index (χ0) is 19.7. The summed E-state index contributed by atoms with van der Waals surface area (Å²) in [7, 11) is 0. The third-order valence-electron chi connectivity index (χ3n) is 4.32. The molecule has 0 unspecified atom stereocenters. The fourth-order valence-electron chi connectivity index (χ4n) is 2.99. The van der Waals surface area contributed by atoms with Crippen LogP contribution in [0, 0.1) is 0 Å². The molecule has 0 aliphatic carbocycles. The molecule has 1 amide bonds. The Morgan fingerprint density at radius 1 is 1.00 bits per heavy atom. The summed E-state index contributed by atoms with van der Waals surface area (Å²) in [5.41, 5.74) is 6.43. The van der Waals surface area contributed by atoms with Crippen LogP contribution in [0.15, 0.2) is 77.7 Å². The molecule has 0 radical (unpaired) electrons. The first kappa shape index (κ1) is 17.3. The van der Waals surface area contributed by atoms with E-state index in [1.807, 2.05) is 6.07 Å². The van der Waals surface area contributed by atoms with Crippen LogP contribution in [0.4, 0.5) is 11.4 Å². The third-order valence-corrected chi connectivity index (χ3v) is 4.32. The monoisotopic (exact) mass is 372 g/mol. The van der Waals surface area contributed by atoms with Crippen molar-refractivity contribution in [3.8, 4) is 11.4 Å². The number of nitrogens with zero attached hydrogens (tertiary/aromatic N) is 2. The van der Waals surface area contributed by atoms with Crippen LogP contribution in [0.1, 0.15) is 10.4 Å². The molecule has 7 nitrogen and oxygen atoms in total. The molecule has 7 heteroatoms. The molecule has 0 aliphatic heterocycles. The zero-order valence-corrected chi connectivity index (χ0v) is 14.7. The van der Waals surface area contributed by atoms with Crippen LogP contribution >= 0.6 is 0 Å². The summed E-state index contributed by atoms with van der Waals surface area (Å²) in [6.45, 7) is 0. The van der Waals surface area contributed by atoms with Gasteiger partial charge in [0.15, 0.2) is 5.65 Å². The van der Waals surface area contributed by atoms with Crippen LogP contribution in [0.25, 0.3) is 16.7 Å². The standard InChI is InChI=1S/C21H16N4O3/c22-13-8-10-14(11-9-13)24-20(27)17-18(26)16-7-4-12-23-19(16)25(21(17)28)15-5-2-1-3-6-15/h1-12,26H,22H2,(H,24,27). The summed E-state index contributed by atoms with van der Waals surface area (Å²) in [6.07, 6.45) is 1.52. The van der Waals surface area contributed by atoms with Crippen LogP contribution in [-0.4, -0.2) is 20.6 Å². The first-order valence-corrected chi connectivity index (χ1v) is 8.51. The number of aromatic nitrogens is 2. The predicted octanol–water partition coefficient (Wildman–Crippen LogP) is 2.93. The Morgan fingerprint density at radius 2 is 1.71 bits per heavy atom. The number of fused-ring (bicyclic) bond motifs is 1. The number of carbonyl (C=O) groups excluding carboxylic acids is 1. The average molecular weight is 372 g/mol. The lowest BCUT2D eigenvalue weighted by atomic mass is 10.1. The van der Waals surface area contributed by atoms with Gasteiger partial charge in [0, 0.05) is 17.6 Å². The van der Waals surface area contributed by atoms with Crippen molar-refractivity contribution in [3.63, 3.8) is 0 Å². The first-order chi connectivity index (χ1) is 13.6. The molecule has 0 aliphatic rings. The number of nitrogens with one attached hydrogen (secondary N) is 1. The Balaban J connectivity index is 1.92. The van der Waals surface area contributed by atoms with E-state index in [1.165, 1.54) is 10.8 Å². The van der Waals surface area contributed by atoms with E-state index >= 15 is 0 Å². The summed E-state index contributed by atoms with van der Waals surface area (Å²) in [4.78, 5) is 30.2. The van der Waals surface area contributed by atoms with Gasteiger partial charge in [-0.1, -0.05) is 18.2 Å². The van der Waals surface area contributed by atoms with E-state index in [-0.39, 0.29) is 11.2 Å². The molecule has 4 N–H and O–H groups in total. The number of aromatic hydroxyl groups is 1. The van der Waals surface area contributed by atoms with Gasteiger partial charge in [0.25, 0.3) is 11.5 Å². The highest BCUT2D eigenvalue weighted by Crippen LogP contribution is 2.27. The number of hydrogen-bond donors (Lipinski definition) is 3. The van der Waals surface area contributed by atoms with E-state index in [0.717, 1.165) is 0 Å². The minimum absolute atomic E-state index is 0.264. The highest BCUT2D eigenvalue weighted by molar-refractivity contribution is 6.09. The smallest absolute Gasteiger partial charge is 0.273 e. The number of nitrogens with two attached hydrogens (primary N) is 1. The summed E-state index contributed by atoms with van der Waals surface area (Å²) in [5.74, 6) is -1.13. The molecular formula is C21H16N4O3. The van der Waals surface area contributed by atoms with Gasteiger partial charge in [-0.3, -0.25) is 14.2 Å².